The summed E-state index contributed by atoms with van der Waals surface area (Å²) < 4.78 is 54.5. The second-order valence-corrected chi connectivity index (χ2v) is 12.9. The van der Waals surface area contributed by atoms with Crippen molar-refractivity contribution in [2.24, 2.45) is 17.1 Å². The Morgan fingerprint density at radius 2 is 1.90 bits per heavy atom. The van der Waals surface area contributed by atoms with Crippen molar-refractivity contribution in [2.45, 2.75) is 38.3 Å². The largest absolute Gasteiger partial charge is 0.369 e. The molecule has 0 spiro atoms. The molecule has 3 aromatic rings. The van der Waals surface area contributed by atoms with E-state index in [2.05, 4.69) is 16.2 Å². The SMILES string of the molecule is C[C@H](C#N)C1(C(N)=O)CC(F)CCC1c1nn(-c2ncccc2F)cc1-c1ccc(N2CCS(=O)(=O)CC2)cc1. The summed E-state index contributed by atoms with van der Waals surface area (Å²) in [5, 5.41) is 14.5. The summed E-state index contributed by atoms with van der Waals surface area (Å²) in [6, 6.07) is 12.3. The number of hydrogen-bond donors (Lipinski definition) is 1. The van der Waals surface area contributed by atoms with Gasteiger partial charge in [-0.05, 0) is 56.0 Å². The number of halogens is 2. The summed E-state index contributed by atoms with van der Waals surface area (Å²) in [5.41, 5.74) is 6.95. The van der Waals surface area contributed by atoms with Gasteiger partial charge in [-0.15, -0.1) is 0 Å². The van der Waals surface area contributed by atoms with Crippen LogP contribution in [0.1, 0.15) is 37.8 Å². The molecule has 40 heavy (non-hydrogen) atoms. The molecule has 12 heteroatoms. The van der Waals surface area contributed by atoms with Crippen molar-refractivity contribution in [1.82, 2.24) is 14.8 Å². The van der Waals surface area contributed by atoms with Gasteiger partial charge in [-0.2, -0.15) is 10.4 Å². The number of benzene rings is 1. The molecule has 3 heterocycles. The highest BCUT2D eigenvalue weighted by Crippen LogP contribution is 2.54. The summed E-state index contributed by atoms with van der Waals surface area (Å²) in [7, 11) is -3.03. The van der Waals surface area contributed by atoms with Crippen LogP contribution >= 0.6 is 0 Å². The Labute approximate surface area is 231 Å². The third-order valence-electron chi connectivity index (χ3n) is 8.29. The molecular weight excluding hydrogens is 538 g/mol. The third kappa shape index (κ3) is 4.94. The highest BCUT2D eigenvalue weighted by molar-refractivity contribution is 7.91. The number of carbonyl (C=O) groups excluding carboxylic acids is 1. The lowest BCUT2D eigenvalue weighted by Crippen LogP contribution is -2.50. The zero-order valence-electron chi connectivity index (χ0n) is 22.0. The van der Waals surface area contributed by atoms with Gasteiger partial charge in [0.1, 0.15) is 6.17 Å². The van der Waals surface area contributed by atoms with Gasteiger partial charge < -0.3 is 10.6 Å². The smallest absolute Gasteiger partial charge is 0.225 e. The topological polar surface area (TPSA) is 135 Å². The number of aromatic nitrogens is 3. The number of rotatable bonds is 6. The molecule has 9 nitrogen and oxygen atoms in total. The Hall–Kier alpha value is -3.85. The zero-order chi connectivity index (χ0) is 28.7. The molecule has 3 unspecified atom stereocenters. The van der Waals surface area contributed by atoms with E-state index in [4.69, 9.17) is 5.73 Å². The molecule has 0 bridgehead atoms. The van der Waals surface area contributed by atoms with Crippen LogP contribution in [0.25, 0.3) is 16.9 Å². The van der Waals surface area contributed by atoms with Crippen LogP contribution < -0.4 is 10.6 Å². The van der Waals surface area contributed by atoms with E-state index in [1.165, 1.54) is 23.0 Å². The lowest BCUT2D eigenvalue weighted by atomic mass is 9.58. The van der Waals surface area contributed by atoms with Gasteiger partial charge in [0, 0.05) is 42.7 Å². The summed E-state index contributed by atoms with van der Waals surface area (Å²) in [6.45, 7) is 2.35. The molecule has 1 saturated carbocycles. The van der Waals surface area contributed by atoms with Crippen molar-refractivity contribution in [3.8, 4) is 23.0 Å². The monoisotopic (exact) mass is 568 g/mol. The van der Waals surface area contributed by atoms with Crippen LogP contribution in [0, 0.1) is 28.5 Å². The molecule has 1 aliphatic heterocycles. The maximum Gasteiger partial charge on any atom is 0.225 e. The standard InChI is InChI=1S/C28H30F2N6O3S/c1-18(16-31)28(27(32)37)15-20(29)6-9-23(28)25-22(17-36(34-25)26-24(30)3-2-10-33-26)19-4-7-21(8-5-19)35-11-13-40(38,39)14-12-35/h2-5,7-8,10,17-18,20,23H,6,9,11-15H2,1H3,(H2,32,37)/t18-,20?,23?,28?/m1/s1. The first-order valence-electron chi connectivity index (χ1n) is 13.2. The van der Waals surface area contributed by atoms with Crippen LogP contribution in [0.15, 0.2) is 48.8 Å². The Bertz CT molecular complexity index is 1560. The summed E-state index contributed by atoms with van der Waals surface area (Å²) in [4.78, 5) is 19.1. The van der Waals surface area contributed by atoms with Crippen LogP contribution in [0.3, 0.4) is 0 Å². The molecular formula is C28H30F2N6O3S. The minimum absolute atomic E-state index is 0.0432. The molecule has 1 aliphatic carbocycles. The molecule has 1 amide bonds. The first kappa shape index (κ1) is 27.7. The van der Waals surface area contributed by atoms with E-state index < -0.39 is 45.0 Å². The first-order valence-corrected chi connectivity index (χ1v) is 15.0. The van der Waals surface area contributed by atoms with Crippen molar-refractivity contribution < 1.29 is 22.0 Å². The van der Waals surface area contributed by atoms with Crippen LogP contribution in [-0.2, 0) is 14.6 Å². The molecule has 5 rings (SSSR count). The molecule has 2 fully saturated rings. The van der Waals surface area contributed by atoms with E-state index >= 15 is 0 Å². The predicted molar refractivity (Wildman–Crippen MR) is 146 cm³/mol. The molecule has 2 aliphatic rings. The molecule has 2 N–H and O–H groups in total. The van der Waals surface area contributed by atoms with Gasteiger partial charge in [-0.3, -0.25) is 4.79 Å². The minimum atomic E-state index is -3.03. The average Bonchev–Trinajstić information content (AvgIpc) is 3.37. The van der Waals surface area contributed by atoms with Crippen molar-refractivity contribution in [3.63, 3.8) is 0 Å². The van der Waals surface area contributed by atoms with Gasteiger partial charge >= 0.3 is 0 Å². The minimum Gasteiger partial charge on any atom is -0.369 e. The van der Waals surface area contributed by atoms with E-state index in [0.29, 0.717) is 29.9 Å². The maximum atomic E-state index is 14.8. The van der Waals surface area contributed by atoms with Crippen LogP contribution in [-0.4, -0.2) is 59.9 Å². The second kappa shape index (κ2) is 10.6. The van der Waals surface area contributed by atoms with Crippen LogP contribution in [0.4, 0.5) is 14.5 Å². The molecule has 2 aromatic heterocycles. The first-order chi connectivity index (χ1) is 19.1. The summed E-state index contributed by atoms with van der Waals surface area (Å²) in [6.07, 6.45) is 1.94. The summed E-state index contributed by atoms with van der Waals surface area (Å²) >= 11 is 0. The number of pyridine rings is 1. The van der Waals surface area contributed by atoms with Gasteiger partial charge in [-0.1, -0.05) is 12.1 Å². The number of primary amides is 1. The fourth-order valence-corrected chi connectivity index (χ4v) is 7.22. The fourth-order valence-electron chi connectivity index (χ4n) is 6.02. The van der Waals surface area contributed by atoms with Gasteiger partial charge in [0.15, 0.2) is 21.5 Å². The van der Waals surface area contributed by atoms with E-state index in [1.807, 2.05) is 29.2 Å². The Morgan fingerprint density at radius 3 is 2.52 bits per heavy atom. The van der Waals surface area contributed by atoms with Crippen LogP contribution in [0.5, 0.6) is 0 Å². The molecule has 210 valence electrons. The lowest BCUT2D eigenvalue weighted by Gasteiger charge is -2.44. The van der Waals surface area contributed by atoms with Gasteiger partial charge in [0.2, 0.25) is 5.91 Å². The maximum absolute atomic E-state index is 14.8. The number of nitrogens with zero attached hydrogens (tertiary/aromatic N) is 5. The van der Waals surface area contributed by atoms with Crippen molar-refractivity contribution in [2.75, 3.05) is 29.5 Å². The van der Waals surface area contributed by atoms with E-state index in [0.717, 1.165) is 5.69 Å². The number of alkyl halides is 1. The zero-order valence-corrected chi connectivity index (χ0v) is 22.8. The lowest BCUT2D eigenvalue weighted by molar-refractivity contribution is -0.135. The molecule has 0 radical (unpaired) electrons. The van der Waals surface area contributed by atoms with Crippen molar-refractivity contribution >= 4 is 21.4 Å². The quantitative estimate of drug-likeness (QED) is 0.481. The normalized spacial score (nSPS) is 25.2. The van der Waals surface area contributed by atoms with Gasteiger partial charge in [0.25, 0.3) is 0 Å². The summed E-state index contributed by atoms with van der Waals surface area (Å²) in [5.74, 6) is -2.82. The fraction of sp³-hybridized carbons (Fsp3) is 0.429. The number of amides is 1. The van der Waals surface area contributed by atoms with E-state index in [1.54, 1.807) is 13.1 Å². The number of carbonyl (C=O) groups is 1. The third-order valence-corrected chi connectivity index (χ3v) is 9.90. The molecule has 1 saturated heterocycles. The van der Waals surface area contributed by atoms with Crippen molar-refractivity contribution in [1.29, 1.82) is 5.26 Å². The van der Waals surface area contributed by atoms with E-state index in [-0.39, 0.29) is 36.6 Å². The number of anilines is 1. The Balaban J connectivity index is 1.62. The molecule has 1 aromatic carbocycles. The molecule has 4 atom stereocenters. The van der Waals surface area contributed by atoms with Gasteiger partial charge in [-0.25, -0.2) is 26.9 Å². The van der Waals surface area contributed by atoms with Gasteiger partial charge in [0.05, 0.1) is 34.6 Å². The Kier molecular flexibility index (Phi) is 7.35. The van der Waals surface area contributed by atoms with E-state index in [9.17, 15) is 27.3 Å². The van der Waals surface area contributed by atoms with Crippen molar-refractivity contribution in [3.05, 3.63) is 60.3 Å². The second-order valence-electron chi connectivity index (χ2n) is 10.6. The Morgan fingerprint density at radius 1 is 1.20 bits per heavy atom. The highest BCUT2D eigenvalue weighted by Gasteiger charge is 2.54. The number of hydrogen-bond acceptors (Lipinski definition) is 7. The highest BCUT2D eigenvalue weighted by atomic mass is 32.2. The number of nitriles is 1. The number of sulfone groups is 1. The number of nitrogens with two attached hydrogens (primary N) is 1. The predicted octanol–water partition coefficient (Wildman–Crippen LogP) is 3.55. The average molecular weight is 569 g/mol. The van der Waals surface area contributed by atoms with Crippen LogP contribution in [0.2, 0.25) is 0 Å².